The van der Waals surface area contributed by atoms with Crippen molar-refractivity contribution in [1.82, 2.24) is 9.58 Å². The van der Waals surface area contributed by atoms with Crippen molar-refractivity contribution in [3.8, 4) is 11.4 Å². The molecule has 2 aliphatic heterocycles. The fraction of sp³-hybridized carbons (Fsp3) is 0.120. The molecule has 0 bridgehead atoms. The molecule has 3 aromatic rings. The number of nitrogens with one attached hydrogen (secondary N) is 1. The lowest BCUT2D eigenvalue weighted by Crippen LogP contribution is -2.35. The first-order chi connectivity index (χ1) is 16.4. The first-order valence-corrected chi connectivity index (χ1v) is 11.3. The number of rotatable bonds is 5. The summed E-state index contributed by atoms with van der Waals surface area (Å²) in [5.74, 6) is -0.124. The summed E-state index contributed by atoms with van der Waals surface area (Å²) in [6, 6.07) is 17.5. The molecule has 1 aromatic heterocycles. The Hall–Kier alpha value is -3.98. The van der Waals surface area contributed by atoms with Crippen LogP contribution in [-0.4, -0.2) is 38.1 Å². The van der Waals surface area contributed by atoms with Crippen molar-refractivity contribution < 1.29 is 13.9 Å². The van der Waals surface area contributed by atoms with Crippen molar-refractivity contribution in [3.05, 3.63) is 89.0 Å². The van der Waals surface area contributed by atoms with Crippen LogP contribution in [0.15, 0.2) is 76.3 Å². The number of amidine groups is 2. The lowest BCUT2D eigenvalue weighted by molar-refractivity contribution is -0.114. The van der Waals surface area contributed by atoms with Gasteiger partial charge in [-0.3, -0.25) is 10.2 Å². The molecule has 1 amide bonds. The third-order valence-corrected chi connectivity index (χ3v) is 6.34. The van der Waals surface area contributed by atoms with Crippen LogP contribution < -0.4 is 4.74 Å². The number of thioether (sulfide) groups is 1. The van der Waals surface area contributed by atoms with Gasteiger partial charge in [-0.25, -0.2) is 4.39 Å². The summed E-state index contributed by atoms with van der Waals surface area (Å²) >= 11 is 1.22. The number of carbonyl (C=O) groups is 1. The Balaban J connectivity index is 1.41. The Labute approximate surface area is 199 Å². The summed E-state index contributed by atoms with van der Waals surface area (Å²) in [6.45, 7) is 4.06. The minimum atomic E-state index is -0.490. The molecule has 5 rings (SSSR count). The van der Waals surface area contributed by atoms with Gasteiger partial charge in [0.25, 0.3) is 5.91 Å². The lowest BCUT2D eigenvalue weighted by atomic mass is 10.1. The van der Waals surface area contributed by atoms with E-state index in [1.54, 1.807) is 18.2 Å². The molecular formula is C25H20FN5O2S. The van der Waals surface area contributed by atoms with Crippen molar-refractivity contribution in [2.75, 3.05) is 6.61 Å². The van der Waals surface area contributed by atoms with Gasteiger partial charge < -0.3 is 9.30 Å². The van der Waals surface area contributed by atoms with Crippen molar-refractivity contribution in [2.24, 2.45) is 10.1 Å². The number of fused-ring (bicyclic) bond motifs is 1. The summed E-state index contributed by atoms with van der Waals surface area (Å²) in [5, 5.41) is 15.3. The van der Waals surface area contributed by atoms with Crippen molar-refractivity contribution in [1.29, 1.82) is 5.41 Å². The molecule has 2 aliphatic rings. The second-order valence-electron chi connectivity index (χ2n) is 7.75. The van der Waals surface area contributed by atoms with E-state index >= 15 is 0 Å². The highest BCUT2D eigenvalue weighted by Gasteiger charge is 2.36. The Bertz CT molecular complexity index is 1390. The molecule has 0 radical (unpaired) electrons. The molecule has 2 aromatic carbocycles. The maximum Gasteiger partial charge on any atom is 0.283 e. The van der Waals surface area contributed by atoms with Gasteiger partial charge >= 0.3 is 0 Å². The molecule has 34 heavy (non-hydrogen) atoms. The Morgan fingerprint density at radius 1 is 1.12 bits per heavy atom. The second-order valence-corrected chi connectivity index (χ2v) is 8.79. The highest BCUT2D eigenvalue weighted by Crippen LogP contribution is 2.30. The molecule has 1 N–H and O–H groups in total. The van der Waals surface area contributed by atoms with E-state index < -0.39 is 5.91 Å². The van der Waals surface area contributed by atoms with Gasteiger partial charge in [0, 0.05) is 17.1 Å². The van der Waals surface area contributed by atoms with Gasteiger partial charge in [0.05, 0.1) is 5.57 Å². The Morgan fingerprint density at radius 2 is 1.85 bits per heavy atom. The van der Waals surface area contributed by atoms with Gasteiger partial charge in [-0.2, -0.15) is 15.1 Å². The summed E-state index contributed by atoms with van der Waals surface area (Å²) in [7, 11) is 0. The minimum absolute atomic E-state index is 0.0382. The van der Waals surface area contributed by atoms with E-state index in [9.17, 15) is 9.18 Å². The maximum absolute atomic E-state index is 13.4. The van der Waals surface area contributed by atoms with E-state index in [1.165, 1.54) is 28.9 Å². The molecule has 0 saturated heterocycles. The van der Waals surface area contributed by atoms with Gasteiger partial charge in [0.15, 0.2) is 5.84 Å². The van der Waals surface area contributed by atoms with Crippen LogP contribution in [0.4, 0.5) is 4.39 Å². The highest BCUT2D eigenvalue weighted by molar-refractivity contribution is 8.27. The zero-order valence-corrected chi connectivity index (χ0v) is 19.3. The summed E-state index contributed by atoms with van der Waals surface area (Å²) in [4.78, 5) is 16.9. The van der Waals surface area contributed by atoms with E-state index in [0.717, 1.165) is 22.6 Å². The molecule has 3 heterocycles. The molecule has 0 spiro atoms. The number of hydrogen-bond donors (Lipinski definition) is 1. The topological polar surface area (TPSA) is 83.0 Å². The number of hydrogen-bond acceptors (Lipinski definition) is 5. The maximum atomic E-state index is 13.4. The number of ether oxygens (including phenoxy) is 1. The molecular weight excluding hydrogens is 453 g/mol. The number of aromatic nitrogens is 1. The van der Waals surface area contributed by atoms with Crippen LogP contribution in [0, 0.1) is 25.1 Å². The minimum Gasteiger partial charge on any atom is -0.487 e. The monoisotopic (exact) mass is 473 g/mol. The Kier molecular flexibility index (Phi) is 5.62. The molecule has 9 heteroatoms. The van der Waals surface area contributed by atoms with Gasteiger partial charge in [-0.15, -0.1) is 0 Å². The van der Waals surface area contributed by atoms with E-state index in [-0.39, 0.29) is 23.8 Å². The van der Waals surface area contributed by atoms with Crippen LogP contribution in [0.1, 0.15) is 17.0 Å². The molecule has 7 nitrogen and oxygen atoms in total. The number of nitrogens with zero attached hydrogens (tertiary/aromatic N) is 4. The number of amides is 1. The zero-order chi connectivity index (χ0) is 23.8. The summed E-state index contributed by atoms with van der Waals surface area (Å²) < 4.78 is 21.1. The van der Waals surface area contributed by atoms with E-state index in [2.05, 4.69) is 10.1 Å². The standard InChI is InChI=1S/C25H20FN5O2S/c1-15-12-17(16(2)30(15)19-10-8-18(26)9-11-19)13-21-23(27)31-25(28-24(21)32)34-22(29-31)14-33-20-6-4-3-5-7-20/h3-13,27H,14H2,1-2H3/b21-13-,27-23?. The molecule has 0 unspecified atom stereocenters. The predicted molar refractivity (Wildman–Crippen MR) is 132 cm³/mol. The van der Waals surface area contributed by atoms with E-state index in [4.69, 9.17) is 10.1 Å². The van der Waals surface area contributed by atoms with Gasteiger partial charge in [-0.05, 0) is 79.7 Å². The van der Waals surface area contributed by atoms with Crippen LogP contribution in [-0.2, 0) is 4.79 Å². The van der Waals surface area contributed by atoms with Crippen LogP contribution in [0.5, 0.6) is 5.75 Å². The first-order valence-electron chi connectivity index (χ1n) is 10.5. The molecule has 0 aliphatic carbocycles. The van der Waals surface area contributed by atoms with Crippen molar-refractivity contribution in [3.63, 3.8) is 0 Å². The zero-order valence-electron chi connectivity index (χ0n) is 18.4. The summed E-state index contributed by atoms with van der Waals surface area (Å²) in [5.41, 5.74) is 3.53. The molecule has 170 valence electrons. The van der Waals surface area contributed by atoms with Crippen LogP contribution >= 0.6 is 11.8 Å². The smallest absolute Gasteiger partial charge is 0.283 e. The number of carbonyl (C=O) groups excluding carboxylic acids is 1. The van der Waals surface area contributed by atoms with E-state index in [1.807, 2.05) is 54.8 Å². The third-order valence-electron chi connectivity index (χ3n) is 5.46. The fourth-order valence-electron chi connectivity index (χ4n) is 3.83. The van der Waals surface area contributed by atoms with Crippen molar-refractivity contribution in [2.45, 2.75) is 13.8 Å². The number of halogens is 1. The average molecular weight is 474 g/mol. The fourth-order valence-corrected chi connectivity index (χ4v) is 4.63. The normalized spacial score (nSPS) is 16.6. The van der Waals surface area contributed by atoms with Gasteiger partial charge in [0.2, 0.25) is 5.17 Å². The Morgan fingerprint density at radius 3 is 2.59 bits per heavy atom. The third kappa shape index (κ3) is 4.06. The number of aliphatic imine (C=N–C) groups is 1. The molecule has 0 saturated carbocycles. The number of aryl methyl sites for hydroxylation is 1. The van der Waals surface area contributed by atoms with Gasteiger partial charge in [0.1, 0.15) is 23.2 Å². The first kappa shape index (κ1) is 21.8. The number of hydrazone groups is 1. The number of benzene rings is 2. The van der Waals surface area contributed by atoms with Gasteiger partial charge in [-0.1, -0.05) is 18.2 Å². The lowest BCUT2D eigenvalue weighted by Gasteiger charge is -2.20. The molecule has 0 atom stereocenters. The van der Waals surface area contributed by atoms with Crippen LogP contribution in [0.2, 0.25) is 0 Å². The van der Waals surface area contributed by atoms with Crippen LogP contribution in [0.3, 0.4) is 0 Å². The highest BCUT2D eigenvalue weighted by atomic mass is 32.2. The number of para-hydroxylation sites is 1. The average Bonchev–Trinajstić information content (AvgIpc) is 3.36. The second kappa shape index (κ2) is 8.75. The largest absolute Gasteiger partial charge is 0.487 e. The van der Waals surface area contributed by atoms with Crippen LogP contribution in [0.25, 0.3) is 11.8 Å². The van der Waals surface area contributed by atoms with E-state index in [0.29, 0.717) is 16.0 Å². The molecule has 0 fully saturated rings. The SMILES string of the molecule is Cc1cc(/C=C2/C(=N)N3N=C(COc4ccccc4)SC3=NC2=O)c(C)n1-c1ccc(F)cc1. The quantitative estimate of drug-likeness (QED) is 0.533. The summed E-state index contributed by atoms with van der Waals surface area (Å²) in [6.07, 6.45) is 1.66. The predicted octanol–water partition coefficient (Wildman–Crippen LogP) is 4.93. The van der Waals surface area contributed by atoms with Crippen molar-refractivity contribution >= 4 is 39.8 Å².